The van der Waals surface area contributed by atoms with Gasteiger partial charge in [-0.15, -0.1) is 0 Å². The van der Waals surface area contributed by atoms with Crippen LogP contribution < -0.4 is 10.6 Å². The molecule has 1 aromatic heterocycles. The fourth-order valence-electron chi connectivity index (χ4n) is 2.58. The first kappa shape index (κ1) is 18.3. The zero-order chi connectivity index (χ0) is 18.7. The largest absolute Gasteiger partial charge is 0.466 e. The third kappa shape index (κ3) is 3.68. The number of hydrogen-bond donors (Lipinski definition) is 2. The number of esters is 1. The van der Waals surface area contributed by atoms with Crippen molar-refractivity contribution in [3.63, 3.8) is 0 Å². The summed E-state index contributed by atoms with van der Waals surface area (Å²) in [7, 11) is 3.06. The molecule has 1 aromatic carbocycles. The lowest BCUT2D eigenvalue weighted by Gasteiger charge is -2.29. The van der Waals surface area contributed by atoms with Crippen LogP contribution in [0.15, 0.2) is 47.0 Å². The van der Waals surface area contributed by atoms with Gasteiger partial charge in [-0.2, -0.15) is 5.10 Å². The van der Waals surface area contributed by atoms with Gasteiger partial charge in [0.15, 0.2) is 5.16 Å². The van der Waals surface area contributed by atoms with E-state index in [1.807, 2.05) is 0 Å². The Hall–Kier alpha value is -2.52. The Morgan fingerprint density at radius 3 is 2.85 bits per heavy atom. The number of carbonyl (C=O) groups excluding carboxylic acids is 2. The minimum Gasteiger partial charge on any atom is -0.466 e. The molecular formula is C16H16ClN5O3S. The van der Waals surface area contributed by atoms with Crippen molar-refractivity contribution in [3.05, 3.63) is 52.4 Å². The van der Waals surface area contributed by atoms with E-state index in [0.29, 0.717) is 32.8 Å². The smallest absolute Gasteiger partial charge is 0.338 e. The fourth-order valence-corrected chi connectivity index (χ4v) is 3.68. The number of ether oxygens (including phenoxy) is 1. The molecule has 2 heterocycles. The van der Waals surface area contributed by atoms with Crippen molar-refractivity contribution >= 4 is 35.4 Å². The molecule has 1 aliphatic heterocycles. The molecule has 1 atom stereocenters. The van der Waals surface area contributed by atoms with Crippen LogP contribution in [0.1, 0.15) is 11.6 Å². The Labute approximate surface area is 159 Å². The normalized spacial score (nSPS) is 16.9. The van der Waals surface area contributed by atoms with Gasteiger partial charge in [-0.1, -0.05) is 41.6 Å². The number of rotatable bonds is 5. The zero-order valence-corrected chi connectivity index (χ0v) is 15.6. The summed E-state index contributed by atoms with van der Waals surface area (Å²) < 4.78 is 6.54. The van der Waals surface area contributed by atoms with E-state index in [-0.39, 0.29) is 0 Å². The number of nitrogens with one attached hydrogen (secondary N) is 2. The molecule has 2 N–H and O–H groups in total. The fraction of sp³-hybridized carbons (Fsp3) is 0.250. The molecule has 0 aliphatic carbocycles. The molecule has 0 bridgehead atoms. The van der Waals surface area contributed by atoms with E-state index in [1.165, 1.54) is 25.2 Å². The monoisotopic (exact) mass is 393 g/mol. The average molecular weight is 394 g/mol. The summed E-state index contributed by atoms with van der Waals surface area (Å²) >= 11 is 7.62. The SMILES string of the molecule is COC(=O)C1=C(CSc2ncnn2C)NC(=O)N[C@H]1c1ccccc1Cl. The molecule has 2 aromatic rings. The number of aryl methyl sites for hydroxylation is 1. The van der Waals surface area contributed by atoms with Crippen LogP contribution in [0.3, 0.4) is 0 Å². The highest BCUT2D eigenvalue weighted by molar-refractivity contribution is 7.99. The Morgan fingerprint density at radius 2 is 2.19 bits per heavy atom. The topological polar surface area (TPSA) is 98.1 Å². The molecule has 0 fully saturated rings. The van der Waals surface area contributed by atoms with Crippen molar-refractivity contribution in [1.29, 1.82) is 0 Å². The van der Waals surface area contributed by atoms with Gasteiger partial charge in [0.2, 0.25) is 0 Å². The number of amides is 2. The number of halogens is 1. The number of aromatic nitrogens is 3. The molecule has 10 heteroatoms. The van der Waals surface area contributed by atoms with Crippen molar-refractivity contribution in [2.45, 2.75) is 11.2 Å². The summed E-state index contributed by atoms with van der Waals surface area (Å²) in [5, 5.41) is 10.5. The molecule has 1 aliphatic rings. The average Bonchev–Trinajstić information content (AvgIpc) is 3.04. The zero-order valence-electron chi connectivity index (χ0n) is 14.0. The molecule has 2 amide bonds. The first-order valence-electron chi connectivity index (χ1n) is 7.61. The minimum atomic E-state index is -0.708. The van der Waals surface area contributed by atoms with Gasteiger partial charge >= 0.3 is 12.0 Å². The van der Waals surface area contributed by atoms with Crippen molar-refractivity contribution in [3.8, 4) is 0 Å². The summed E-state index contributed by atoms with van der Waals surface area (Å²) in [6.45, 7) is 0. The van der Waals surface area contributed by atoms with E-state index < -0.39 is 18.0 Å². The molecule has 0 spiro atoms. The first-order chi connectivity index (χ1) is 12.5. The second-order valence-electron chi connectivity index (χ2n) is 5.39. The molecule has 0 saturated heterocycles. The number of methoxy groups -OCH3 is 1. The highest BCUT2D eigenvalue weighted by Crippen LogP contribution is 2.33. The second-order valence-corrected chi connectivity index (χ2v) is 6.74. The van der Waals surface area contributed by atoms with Gasteiger partial charge in [0.1, 0.15) is 6.33 Å². The maximum Gasteiger partial charge on any atom is 0.338 e. The Balaban J connectivity index is 2.00. The minimum absolute atomic E-state index is 0.301. The van der Waals surface area contributed by atoms with Crippen LogP contribution in [0.2, 0.25) is 5.02 Å². The van der Waals surface area contributed by atoms with E-state index in [2.05, 4.69) is 20.7 Å². The number of urea groups is 1. The summed E-state index contributed by atoms with van der Waals surface area (Å²) in [6.07, 6.45) is 1.44. The molecule has 26 heavy (non-hydrogen) atoms. The first-order valence-corrected chi connectivity index (χ1v) is 8.97. The van der Waals surface area contributed by atoms with Crippen molar-refractivity contribution in [2.24, 2.45) is 7.05 Å². The van der Waals surface area contributed by atoms with Gasteiger partial charge in [-0.25, -0.2) is 19.3 Å². The maximum absolute atomic E-state index is 12.5. The Morgan fingerprint density at radius 1 is 1.42 bits per heavy atom. The number of thioether (sulfide) groups is 1. The number of benzene rings is 1. The van der Waals surface area contributed by atoms with Gasteiger partial charge < -0.3 is 15.4 Å². The molecule has 136 valence electrons. The summed E-state index contributed by atoms with van der Waals surface area (Å²) in [6, 6.07) is 5.90. The van der Waals surface area contributed by atoms with Crippen LogP contribution in [0.25, 0.3) is 0 Å². The van der Waals surface area contributed by atoms with E-state index >= 15 is 0 Å². The summed E-state index contributed by atoms with van der Waals surface area (Å²) in [5.74, 6) is -0.235. The van der Waals surface area contributed by atoms with Gasteiger partial charge in [-0.3, -0.25) is 0 Å². The quantitative estimate of drug-likeness (QED) is 0.596. The summed E-state index contributed by atoms with van der Waals surface area (Å²) in [5.41, 5.74) is 1.36. The van der Waals surface area contributed by atoms with Crippen molar-refractivity contribution in [1.82, 2.24) is 25.4 Å². The van der Waals surface area contributed by atoms with Crippen LogP contribution in [-0.2, 0) is 16.6 Å². The van der Waals surface area contributed by atoms with Gasteiger partial charge in [0.05, 0.1) is 18.7 Å². The highest BCUT2D eigenvalue weighted by Gasteiger charge is 2.34. The molecule has 0 unspecified atom stereocenters. The third-order valence-corrected chi connectivity index (χ3v) is 5.20. The van der Waals surface area contributed by atoms with Crippen LogP contribution in [0.5, 0.6) is 0 Å². The third-order valence-electron chi connectivity index (χ3n) is 3.79. The number of hydrogen-bond acceptors (Lipinski definition) is 6. The molecule has 8 nitrogen and oxygen atoms in total. The predicted octanol–water partition coefficient (Wildman–Crippen LogP) is 2.04. The van der Waals surface area contributed by atoms with Gasteiger partial charge in [0, 0.05) is 23.5 Å². The van der Waals surface area contributed by atoms with Crippen LogP contribution in [0.4, 0.5) is 4.79 Å². The standard InChI is InChI=1S/C16H16ClN5O3S/c1-22-16(18-8-19-22)26-7-11-12(14(23)25-2)13(21-15(24)20-11)9-5-3-4-6-10(9)17/h3-6,8,13H,7H2,1-2H3,(H2,20,21,24)/t13-/m0/s1. The number of nitrogens with zero attached hydrogens (tertiary/aromatic N) is 3. The van der Waals surface area contributed by atoms with E-state index in [9.17, 15) is 9.59 Å². The van der Waals surface area contributed by atoms with Gasteiger partial charge in [-0.05, 0) is 11.6 Å². The molecule has 3 rings (SSSR count). The van der Waals surface area contributed by atoms with Crippen LogP contribution in [-0.4, -0.2) is 39.6 Å². The van der Waals surface area contributed by atoms with Crippen LogP contribution in [0, 0.1) is 0 Å². The molecule has 0 radical (unpaired) electrons. The van der Waals surface area contributed by atoms with E-state index in [0.717, 1.165) is 0 Å². The number of carbonyl (C=O) groups is 2. The predicted molar refractivity (Wildman–Crippen MR) is 96.6 cm³/mol. The van der Waals surface area contributed by atoms with Crippen molar-refractivity contribution < 1.29 is 14.3 Å². The van der Waals surface area contributed by atoms with E-state index in [1.54, 1.807) is 36.0 Å². The lowest BCUT2D eigenvalue weighted by atomic mass is 9.95. The molecule has 0 saturated carbocycles. The summed E-state index contributed by atoms with van der Waals surface area (Å²) in [4.78, 5) is 28.7. The van der Waals surface area contributed by atoms with Gasteiger partial charge in [0.25, 0.3) is 0 Å². The lowest BCUT2D eigenvalue weighted by molar-refractivity contribution is -0.136. The van der Waals surface area contributed by atoms with Crippen molar-refractivity contribution in [2.75, 3.05) is 12.9 Å². The Kier molecular flexibility index (Phi) is 5.48. The second kappa shape index (κ2) is 7.79. The molecular weight excluding hydrogens is 378 g/mol. The lowest BCUT2D eigenvalue weighted by Crippen LogP contribution is -2.46. The Bertz CT molecular complexity index is 882. The van der Waals surface area contributed by atoms with E-state index in [4.69, 9.17) is 16.3 Å². The highest BCUT2D eigenvalue weighted by atomic mass is 35.5. The maximum atomic E-state index is 12.5. The van der Waals surface area contributed by atoms with Crippen LogP contribution >= 0.6 is 23.4 Å².